The molecule has 0 saturated carbocycles. The van der Waals surface area contributed by atoms with Gasteiger partial charge in [-0.2, -0.15) is 0 Å². The van der Waals surface area contributed by atoms with E-state index in [0.717, 1.165) is 0 Å². The Kier molecular flexibility index (Phi) is 24.0. The van der Waals surface area contributed by atoms with Gasteiger partial charge in [-0.1, -0.05) is 112 Å². The standard InChI is InChI=1S/C22H25NO4.C17H18N2O2.C4H8O3.2CH4.ClH/c1-2-26-14-16(24)8-7-13-23-22(25)27-15-21-19-11-5-3-9-17(19)18-10-4-6-12-20(18)21;18-9-10-19-17(20)21-11-16-14-7-3-1-5-12(14)13-6-2-4-8-15(13)16;1-2-7-3-4(5)6;;;/h3-6,9-12,21H,2,7-8,13-15H2,1H3,(H,23,25);1-8,16H,9-11,18H2,(H,19,20);2-3H2,1H3,(H,5,6);2*1H4;1H. The van der Waals surface area contributed by atoms with Crippen molar-refractivity contribution in [1.29, 1.82) is 0 Å². The fraction of sp³-hybridized carbons (Fsp3) is 0.378. The second-order valence-electron chi connectivity index (χ2n) is 12.6. The molecule has 2 amide bonds. The van der Waals surface area contributed by atoms with Gasteiger partial charge in [-0.25, -0.2) is 14.4 Å². The lowest BCUT2D eigenvalue weighted by Crippen LogP contribution is -2.30. The Morgan fingerprint density at radius 3 is 1.31 bits per heavy atom. The van der Waals surface area contributed by atoms with Crippen LogP contribution in [0.25, 0.3) is 22.3 Å². The molecule has 0 aliphatic heterocycles. The Balaban J connectivity index is 0.000000486. The van der Waals surface area contributed by atoms with Gasteiger partial charge in [0.1, 0.15) is 26.4 Å². The summed E-state index contributed by atoms with van der Waals surface area (Å²) < 4.78 is 20.3. The molecule has 0 aromatic heterocycles. The summed E-state index contributed by atoms with van der Waals surface area (Å²) in [6.07, 6.45) is 0.108. The van der Waals surface area contributed by atoms with Gasteiger partial charge in [0.05, 0.1) is 0 Å². The molecule has 6 rings (SSSR count). The lowest BCUT2D eigenvalue weighted by molar-refractivity contribution is -0.142. The van der Waals surface area contributed by atoms with Gasteiger partial charge in [-0.05, 0) is 64.8 Å². The van der Waals surface area contributed by atoms with E-state index in [0.29, 0.717) is 58.9 Å². The molecule has 0 fully saturated rings. The number of rotatable bonds is 16. The van der Waals surface area contributed by atoms with Gasteiger partial charge in [0.2, 0.25) is 0 Å². The van der Waals surface area contributed by atoms with Crippen LogP contribution in [0.1, 0.15) is 75.6 Å². The number of Topliss-reactive ketones (excluding diaryl/α,β-unsaturated/α-hetero) is 1. The number of carboxylic acids is 1. The first-order valence-corrected chi connectivity index (χ1v) is 18.6. The molecule has 58 heavy (non-hydrogen) atoms. The zero-order valence-corrected chi connectivity index (χ0v) is 32.7. The number of ketones is 1. The zero-order chi connectivity index (χ0) is 39.4. The van der Waals surface area contributed by atoms with Crippen molar-refractivity contribution in [3.8, 4) is 22.3 Å². The number of amides is 2. The number of aliphatic carboxylic acids is 1. The highest BCUT2D eigenvalue weighted by Gasteiger charge is 2.30. The summed E-state index contributed by atoms with van der Waals surface area (Å²) in [6.45, 7) is 6.44. The molecule has 2 aliphatic carbocycles. The molecule has 0 atom stereocenters. The van der Waals surface area contributed by atoms with Crippen molar-refractivity contribution in [2.75, 3.05) is 59.3 Å². The van der Waals surface area contributed by atoms with Crippen LogP contribution in [0.2, 0.25) is 0 Å². The third-order valence-electron chi connectivity index (χ3n) is 8.90. The van der Waals surface area contributed by atoms with Crippen molar-refractivity contribution in [3.05, 3.63) is 119 Å². The number of hydrogen-bond donors (Lipinski definition) is 4. The maximum absolute atomic E-state index is 12.0. The van der Waals surface area contributed by atoms with Gasteiger partial charge in [-0.3, -0.25) is 4.79 Å². The number of benzene rings is 4. The fourth-order valence-corrected chi connectivity index (χ4v) is 6.43. The fourth-order valence-electron chi connectivity index (χ4n) is 6.43. The van der Waals surface area contributed by atoms with E-state index >= 15 is 0 Å². The predicted molar refractivity (Wildman–Crippen MR) is 231 cm³/mol. The third-order valence-corrected chi connectivity index (χ3v) is 8.90. The average molecular weight is 822 g/mol. The van der Waals surface area contributed by atoms with Gasteiger partial charge >= 0.3 is 18.2 Å². The van der Waals surface area contributed by atoms with E-state index in [-0.39, 0.29) is 58.1 Å². The van der Waals surface area contributed by atoms with Crippen molar-refractivity contribution in [2.24, 2.45) is 5.73 Å². The number of carbonyl (C=O) groups excluding carboxylic acids is 3. The minimum absolute atomic E-state index is 0. The number of hydrogen-bond acceptors (Lipinski definition) is 9. The molecule has 4 aromatic carbocycles. The minimum Gasteiger partial charge on any atom is -0.480 e. The smallest absolute Gasteiger partial charge is 0.407 e. The van der Waals surface area contributed by atoms with E-state index in [1.54, 1.807) is 6.92 Å². The van der Waals surface area contributed by atoms with Crippen molar-refractivity contribution in [2.45, 2.75) is 53.4 Å². The summed E-state index contributed by atoms with van der Waals surface area (Å²) in [7, 11) is 0. The Hall–Kier alpha value is -5.27. The van der Waals surface area contributed by atoms with Crippen LogP contribution >= 0.6 is 12.4 Å². The highest BCUT2D eigenvalue weighted by Crippen LogP contribution is 2.45. The summed E-state index contributed by atoms with van der Waals surface area (Å²) in [6, 6.07) is 33.0. The van der Waals surface area contributed by atoms with E-state index in [9.17, 15) is 19.2 Å². The van der Waals surface area contributed by atoms with E-state index in [2.05, 4.69) is 63.9 Å². The molecule has 12 nitrogen and oxygen atoms in total. The molecule has 4 aromatic rings. The second kappa shape index (κ2) is 27.4. The number of alkyl carbamates (subject to hydrolysis) is 2. The number of ether oxygens (including phenoxy) is 4. The molecule has 0 radical (unpaired) electrons. The van der Waals surface area contributed by atoms with E-state index < -0.39 is 18.2 Å². The number of fused-ring (bicyclic) bond motifs is 6. The maximum Gasteiger partial charge on any atom is 0.407 e. The topological polar surface area (TPSA) is 176 Å². The highest BCUT2D eigenvalue weighted by atomic mass is 35.5. The molecule has 0 bridgehead atoms. The van der Waals surface area contributed by atoms with Gasteiger partial charge in [0, 0.05) is 51.1 Å². The van der Waals surface area contributed by atoms with Gasteiger partial charge in [0.15, 0.2) is 5.78 Å². The van der Waals surface area contributed by atoms with E-state index in [1.165, 1.54) is 44.5 Å². The SMILES string of the molecule is C.C.CCOCC(=O)CCCNC(=O)OCC1c2ccccc2-c2ccccc21.CCOCC(=O)O.Cl.NCCNC(=O)OCC1c2ccccc2-c2ccccc21. The van der Waals surface area contributed by atoms with Gasteiger partial charge in [0.25, 0.3) is 0 Å². The summed E-state index contributed by atoms with van der Waals surface area (Å²) in [5.74, 6) is -0.718. The number of halogens is 1. The van der Waals surface area contributed by atoms with Crippen LogP contribution < -0.4 is 16.4 Å². The number of nitrogens with one attached hydrogen (secondary N) is 2. The Labute approximate surface area is 349 Å². The Morgan fingerprint density at radius 2 is 0.966 bits per heavy atom. The molecule has 5 N–H and O–H groups in total. The second-order valence-corrected chi connectivity index (χ2v) is 12.6. The van der Waals surface area contributed by atoms with Crippen LogP contribution in [0.15, 0.2) is 97.1 Å². The Bertz CT molecular complexity index is 1780. The molecule has 13 heteroatoms. The van der Waals surface area contributed by atoms with Crippen molar-refractivity contribution in [3.63, 3.8) is 0 Å². The van der Waals surface area contributed by atoms with Crippen LogP contribution in [0.5, 0.6) is 0 Å². The van der Waals surface area contributed by atoms with Crippen LogP contribution in [0.3, 0.4) is 0 Å². The molecule has 0 spiro atoms. The predicted octanol–water partition coefficient (Wildman–Crippen LogP) is 8.20. The van der Waals surface area contributed by atoms with Crippen molar-refractivity contribution in [1.82, 2.24) is 10.6 Å². The highest BCUT2D eigenvalue weighted by molar-refractivity contribution is 5.85. The normalized spacial score (nSPS) is 11.4. The van der Waals surface area contributed by atoms with E-state index in [4.69, 9.17) is 25.1 Å². The largest absolute Gasteiger partial charge is 0.480 e. The molecule has 2 aliphatic rings. The monoisotopic (exact) mass is 821 g/mol. The van der Waals surface area contributed by atoms with Crippen LogP contribution in [0.4, 0.5) is 9.59 Å². The van der Waals surface area contributed by atoms with Crippen molar-refractivity contribution >= 4 is 36.3 Å². The first-order chi connectivity index (χ1) is 26.8. The number of carbonyl (C=O) groups is 4. The van der Waals surface area contributed by atoms with Crippen LogP contribution in [-0.2, 0) is 28.5 Å². The third kappa shape index (κ3) is 14.9. The first kappa shape index (κ1) is 50.7. The van der Waals surface area contributed by atoms with Crippen molar-refractivity contribution < 1.29 is 43.2 Å². The average Bonchev–Trinajstić information content (AvgIpc) is 3.71. The quantitative estimate of drug-likeness (QED) is 0.0807. The summed E-state index contributed by atoms with van der Waals surface area (Å²) in [5, 5.41) is 13.2. The molecular weight excluding hydrogens is 762 g/mol. The lowest BCUT2D eigenvalue weighted by Gasteiger charge is -2.14. The Morgan fingerprint density at radius 1 is 0.603 bits per heavy atom. The van der Waals surface area contributed by atoms with Crippen LogP contribution in [-0.4, -0.2) is 88.3 Å². The molecule has 0 saturated heterocycles. The molecular formula is C45H60ClN3O9. The summed E-state index contributed by atoms with van der Waals surface area (Å²) >= 11 is 0. The molecule has 316 valence electrons. The maximum atomic E-state index is 12.0. The van der Waals surface area contributed by atoms with Gasteiger partial charge < -0.3 is 40.4 Å². The lowest BCUT2D eigenvalue weighted by atomic mass is 9.98. The molecule has 0 unspecified atom stereocenters. The van der Waals surface area contributed by atoms with Gasteiger partial charge in [-0.15, -0.1) is 12.4 Å². The minimum atomic E-state index is -0.915. The zero-order valence-electron chi connectivity index (χ0n) is 31.9. The summed E-state index contributed by atoms with van der Waals surface area (Å²) in [4.78, 5) is 44.7. The number of nitrogens with two attached hydrogens (primary N) is 1. The number of carboxylic acid groups (broad SMARTS) is 1. The van der Waals surface area contributed by atoms with Crippen LogP contribution in [0, 0.1) is 0 Å². The first-order valence-electron chi connectivity index (χ1n) is 18.6. The van der Waals surface area contributed by atoms with E-state index in [1.807, 2.05) is 55.5 Å². The molecule has 0 heterocycles. The summed E-state index contributed by atoms with van der Waals surface area (Å²) in [5.41, 5.74) is 15.0.